The Morgan fingerprint density at radius 1 is 1.12 bits per heavy atom. The monoisotopic (exact) mass is 455 g/mol. The number of carbonyl (C=O) groups excluding carboxylic acids is 3. The van der Waals surface area contributed by atoms with Crippen LogP contribution in [0.1, 0.15) is 60.1 Å². The Balaban J connectivity index is 1.93. The van der Waals surface area contributed by atoms with E-state index in [0.29, 0.717) is 11.4 Å². The van der Waals surface area contributed by atoms with E-state index in [1.807, 2.05) is 13.8 Å². The molecule has 166 valence electrons. The Morgan fingerprint density at radius 2 is 1.78 bits per heavy atom. The molecule has 0 unspecified atom stereocenters. The van der Waals surface area contributed by atoms with Crippen molar-refractivity contribution in [3.8, 4) is 0 Å². The molecule has 0 aliphatic heterocycles. The molecule has 8 heteroatoms. The maximum absolute atomic E-state index is 12.4. The maximum Gasteiger partial charge on any atom is 0.360 e. The van der Waals surface area contributed by atoms with Crippen LogP contribution in [-0.4, -0.2) is 22.6 Å². The smallest absolute Gasteiger partial charge is 0.360 e. The van der Waals surface area contributed by atoms with Crippen LogP contribution >= 0.6 is 11.6 Å². The number of hydrogen-bond acceptors (Lipinski definition) is 6. The minimum atomic E-state index is -0.869. The van der Waals surface area contributed by atoms with Crippen LogP contribution in [0.2, 0.25) is 5.02 Å². The molecule has 3 rings (SSSR count). The number of rotatable bonds is 5. The molecule has 1 aromatic carbocycles. The van der Waals surface area contributed by atoms with Crippen LogP contribution in [0.3, 0.4) is 0 Å². The number of aliphatic hydroxyl groups excluding tert-OH is 1. The molecular weight excluding hydrogens is 434 g/mol. The van der Waals surface area contributed by atoms with Gasteiger partial charge in [-0.05, 0) is 54.8 Å². The standard InChI is InChI=1S/C24H22ClNO6/c1-13(27)17-10-18(26-22(30)14-4-6-15(25)7-5-14)23(31)32-21(17)9-8-16-19(28)11-24(2,3)12-20(16)29/h4-10,28H,11-12H2,1-3H3,(H,26,30)/b9-8+. The van der Waals surface area contributed by atoms with Crippen LogP contribution in [0, 0.1) is 5.41 Å². The van der Waals surface area contributed by atoms with Crippen molar-refractivity contribution in [2.24, 2.45) is 5.41 Å². The Hall–Kier alpha value is -3.45. The second-order valence-corrected chi connectivity index (χ2v) is 8.81. The minimum Gasteiger partial charge on any atom is -0.512 e. The van der Waals surface area contributed by atoms with E-state index in [4.69, 9.17) is 16.0 Å². The van der Waals surface area contributed by atoms with Gasteiger partial charge in [-0.3, -0.25) is 14.4 Å². The Bertz CT molecular complexity index is 1220. The van der Waals surface area contributed by atoms with Crippen molar-refractivity contribution in [1.29, 1.82) is 0 Å². The summed E-state index contributed by atoms with van der Waals surface area (Å²) in [5.74, 6) is -1.36. The third-order valence-corrected chi connectivity index (χ3v) is 5.26. The number of hydrogen-bond donors (Lipinski definition) is 2. The van der Waals surface area contributed by atoms with Crippen LogP contribution < -0.4 is 10.9 Å². The number of Topliss-reactive ketones (excluding diaryl/α,β-unsaturated/α-hetero) is 2. The highest BCUT2D eigenvalue weighted by Crippen LogP contribution is 2.36. The maximum atomic E-state index is 12.4. The van der Waals surface area contributed by atoms with Gasteiger partial charge >= 0.3 is 5.63 Å². The molecule has 1 aliphatic carbocycles. The number of allylic oxidation sites excluding steroid dienone is 3. The number of aliphatic hydroxyl groups is 1. The van der Waals surface area contributed by atoms with Crippen LogP contribution in [0.4, 0.5) is 5.69 Å². The van der Waals surface area contributed by atoms with Crippen molar-refractivity contribution < 1.29 is 23.9 Å². The van der Waals surface area contributed by atoms with Crippen molar-refractivity contribution in [1.82, 2.24) is 0 Å². The highest BCUT2D eigenvalue weighted by Gasteiger charge is 2.32. The summed E-state index contributed by atoms with van der Waals surface area (Å²) in [7, 11) is 0. The number of carbonyl (C=O) groups is 3. The van der Waals surface area contributed by atoms with Crippen LogP contribution in [0.5, 0.6) is 0 Å². The molecule has 1 heterocycles. The second kappa shape index (κ2) is 8.96. The average Bonchev–Trinajstić information content (AvgIpc) is 2.68. The average molecular weight is 456 g/mol. The molecule has 7 nitrogen and oxygen atoms in total. The van der Waals surface area contributed by atoms with Crippen molar-refractivity contribution in [3.63, 3.8) is 0 Å². The zero-order valence-electron chi connectivity index (χ0n) is 17.8. The first-order valence-corrected chi connectivity index (χ1v) is 10.2. The molecule has 32 heavy (non-hydrogen) atoms. The fourth-order valence-electron chi connectivity index (χ4n) is 3.42. The SMILES string of the molecule is CC(=O)c1cc(NC(=O)c2ccc(Cl)cc2)c(=O)oc1/C=C/C1=C(O)CC(C)(C)CC1=O. The summed E-state index contributed by atoms with van der Waals surface area (Å²) in [5.41, 5.74) is -1.00. The van der Waals surface area contributed by atoms with Crippen LogP contribution in [0.15, 0.2) is 57.0 Å². The lowest BCUT2D eigenvalue weighted by Gasteiger charge is -2.28. The highest BCUT2D eigenvalue weighted by atomic mass is 35.5. The summed E-state index contributed by atoms with van der Waals surface area (Å²) in [4.78, 5) is 49.3. The van der Waals surface area contributed by atoms with E-state index in [9.17, 15) is 24.3 Å². The molecule has 0 atom stereocenters. The molecule has 0 fully saturated rings. The van der Waals surface area contributed by atoms with E-state index in [0.717, 1.165) is 0 Å². The summed E-state index contributed by atoms with van der Waals surface area (Å²) in [6.07, 6.45) is 3.22. The molecule has 0 saturated heterocycles. The van der Waals surface area contributed by atoms with Crippen molar-refractivity contribution in [3.05, 3.63) is 80.1 Å². The van der Waals surface area contributed by atoms with Gasteiger partial charge in [0.1, 0.15) is 17.2 Å². The Morgan fingerprint density at radius 3 is 2.38 bits per heavy atom. The van der Waals surface area contributed by atoms with Crippen molar-refractivity contribution in [2.45, 2.75) is 33.6 Å². The van der Waals surface area contributed by atoms with E-state index in [2.05, 4.69) is 5.32 Å². The highest BCUT2D eigenvalue weighted by molar-refractivity contribution is 6.30. The van der Waals surface area contributed by atoms with Crippen molar-refractivity contribution >= 4 is 40.8 Å². The molecule has 2 aromatic rings. The second-order valence-electron chi connectivity index (χ2n) is 8.38. The number of benzene rings is 1. The van der Waals surface area contributed by atoms with Gasteiger partial charge in [0.2, 0.25) is 0 Å². The first kappa shape index (κ1) is 23.2. The molecule has 1 amide bonds. The number of amides is 1. The van der Waals surface area contributed by atoms with Gasteiger partial charge in [-0.2, -0.15) is 0 Å². The summed E-state index contributed by atoms with van der Waals surface area (Å²) in [6, 6.07) is 7.27. The normalized spacial score (nSPS) is 15.8. The lowest BCUT2D eigenvalue weighted by atomic mass is 9.76. The topological polar surface area (TPSA) is 114 Å². The summed E-state index contributed by atoms with van der Waals surface area (Å²) in [5, 5.41) is 13.1. The first-order valence-electron chi connectivity index (χ1n) is 9.86. The molecule has 1 aromatic heterocycles. The van der Waals surface area contributed by atoms with Gasteiger partial charge in [0, 0.05) is 23.4 Å². The zero-order valence-corrected chi connectivity index (χ0v) is 18.6. The zero-order chi connectivity index (χ0) is 23.6. The Kier molecular flexibility index (Phi) is 6.50. The van der Waals surface area contributed by atoms with Gasteiger partial charge in [0.25, 0.3) is 5.91 Å². The van der Waals surface area contributed by atoms with Gasteiger partial charge in [0.05, 0.1) is 11.1 Å². The van der Waals surface area contributed by atoms with Gasteiger partial charge in [-0.25, -0.2) is 4.79 Å². The number of anilines is 1. The minimum absolute atomic E-state index is 0.0379. The van der Waals surface area contributed by atoms with E-state index in [1.165, 1.54) is 49.4 Å². The van der Waals surface area contributed by atoms with Gasteiger partial charge in [0.15, 0.2) is 11.6 Å². The van der Waals surface area contributed by atoms with Gasteiger partial charge in [-0.1, -0.05) is 25.4 Å². The quantitative estimate of drug-likeness (QED) is 0.616. The molecule has 2 N–H and O–H groups in total. The Labute approximate surface area is 189 Å². The number of ketones is 2. The van der Waals surface area contributed by atoms with Crippen molar-refractivity contribution in [2.75, 3.05) is 5.32 Å². The molecule has 0 spiro atoms. The van der Waals surface area contributed by atoms with E-state index < -0.39 is 17.3 Å². The third-order valence-electron chi connectivity index (χ3n) is 5.01. The van der Waals surface area contributed by atoms with Gasteiger partial charge < -0.3 is 14.8 Å². The molecule has 1 aliphatic rings. The van der Waals surface area contributed by atoms with E-state index in [1.54, 1.807) is 0 Å². The van der Waals surface area contributed by atoms with Gasteiger partial charge in [-0.15, -0.1) is 0 Å². The largest absolute Gasteiger partial charge is 0.512 e. The molecule has 0 radical (unpaired) electrons. The van der Waals surface area contributed by atoms with Crippen LogP contribution in [0.25, 0.3) is 6.08 Å². The van der Waals surface area contributed by atoms with E-state index >= 15 is 0 Å². The molecule has 0 saturated carbocycles. The molecule has 0 bridgehead atoms. The number of halogens is 1. The molecular formula is C24H22ClNO6. The summed E-state index contributed by atoms with van der Waals surface area (Å²) in [6.45, 7) is 5.04. The predicted molar refractivity (Wildman–Crippen MR) is 121 cm³/mol. The lowest BCUT2D eigenvalue weighted by molar-refractivity contribution is -0.118. The fourth-order valence-corrected chi connectivity index (χ4v) is 3.54. The lowest BCUT2D eigenvalue weighted by Crippen LogP contribution is -2.25. The summed E-state index contributed by atoms with van der Waals surface area (Å²) >= 11 is 5.81. The van der Waals surface area contributed by atoms with E-state index in [-0.39, 0.29) is 51.5 Å². The third kappa shape index (κ3) is 5.23. The summed E-state index contributed by atoms with van der Waals surface area (Å²) < 4.78 is 5.24. The number of nitrogens with one attached hydrogen (secondary N) is 1. The fraction of sp³-hybridized carbons (Fsp3) is 0.250. The van der Waals surface area contributed by atoms with Crippen LogP contribution in [-0.2, 0) is 4.79 Å². The predicted octanol–water partition coefficient (Wildman–Crippen LogP) is 4.96. The first-order chi connectivity index (χ1) is 15.0.